The molecule has 1 atom stereocenters. The molecule has 0 amide bonds. The molecule has 44 heavy (non-hydrogen) atoms. The lowest BCUT2D eigenvalue weighted by atomic mass is 9.88. The van der Waals surface area contributed by atoms with Crippen molar-refractivity contribution in [2.24, 2.45) is 9.98 Å². The predicted octanol–water partition coefficient (Wildman–Crippen LogP) is 8.41. The predicted molar refractivity (Wildman–Crippen MR) is 176 cm³/mol. The van der Waals surface area contributed by atoms with Crippen LogP contribution >= 0.6 is 0 Å². The van der Waals surface area contributed by atoms with E-state index in [-0.39, 0.29) is 6.17 Å². The van der Waals surface area contributed by atoms with Crippen molar-refractivity contribution in [2.75, 3.05) is 0 Å². The Hall–Kier alpha value is -6.30. The van der Waals surface area contributed by atoms with Gasteiger partial charge in [-0.25, -0.2) is 9.98 Å². The van der Waals surface area contributed by atoms with E-state index < -0.39 is 0 Å². The molecular formula is C39H25N5. The van der Waals surface area contributed by atoms with Gasteiger partial charge in [-0.1, -0.05) is 121 Å². The van der Waals surface area contributed by atoms with Crippen LogP contribution in [0.25, 0.3) is 33.0 Å². The average Bonchev–Trinajstić information content (AvgIpc) is 3.11. The number of nitrogens with zero attached hydrogens (tertiary/aromatic N) is 4. The molecule has 0 aliphatic carbocycles. The van der Waals surface area contributed by atoms with Gasteiger partial charge in [-0.3, -0.25) is 0 Å². The maximum Gasteiger partial charge on any atom is 0.159 e. The van der Waals surface area contributed by atoms with Crippen molar-refractivity contribution >= 4 is 22.4 Å². The van der Waals surface area contributed by atoms with Gasteiger partial charge in [-0.15, -0.1) is 0 Å². The number of nitriles is 2. The van der Waals surface area contributed by atoms with Crippen LogP contribution in [0, 0.1) is 22.7 Å². The number of benzene rings is 6. The van der Waals surface area contributed by atoms with Gasteiger partial charge in [-0.05, 0) is 56.8 Å². The van der Waals surface area contributed by atoms with E-state index in [4.69, 9.17) is 9.98 Å². The summed E-state index contributed by atoms with van der Waals surface area (Å²) in [5.41, 5.74) is 7.75. The fraction of sp³-hybridized carbons (Fsp3) is 0.0256. The van der Waals surface area contributed by atoms with E-state index in [0.717, 1.165) is 55.6 Å². The highest BCUT2D eigenvalue weighted by atomic mass is 15.2. The lowest BCUT2D eigenvalue weighted by molar-refractivity contribution is 0.674. The minimum absolute atomic E-state index is 0.329. The van der Waals surface area contributed by atoms with Crippen molar-refractivity contribution in [1.29, 1.82) is 10.5 Å². The number of nitrogens with one attached hydrogen (secondary N) is 1. The van der Waals surface area contributed by atoms with Gasteiger partial charge in [0, 0.05) is 11.1 Å². The van der Waals surface area contributed by atoms with Gasteiger partial charge in [0.1, 0.15) is 12.0 Å². The molecule has 6 aromatic rings. The number of amidine groups is 2. The Labute approximate surface area is 255 Å². The van der Waals surface area contributed by atoms with Crippen LogP contribution in [0.1, 0.15) is 34.0 Å². The summed E-state index contributed by atoms with van der Waals surface area (Å²) in [6, 6.07) is 50.7. The van der Waals surface area contributed by atoms with E-state index in [0.29, 0.717) is 17.0 Å². The molecule has 1 heterocycles. The molecule has 0 radical (unpaired) electrons. The van der Waals surface area contributed by atoms with Crippen LogP contribution in [0.2, 0.25) is 0 Å². The number of fused-ring (bicyclic) bond motifs is 1. The minimum Gasteiger partial charge on any atom is -0.344 e. The van der Waals surface area contributed by atoms with E-state index in [2.05, 4.69) is 66.0 Å². The summed E-state index contributed by atoms with van der Waals surface area (Å²) in [5.74, 6) is 1.45. The topological polar surface area (TPSA) is 84.3 Å². The monoisotopic (exact) mass is 563 g/mol. The van der Waals surface area contributed by atoms with Crippen LogP contribution in [0.4, 0.5) is 0 Å². The molecule has 1 N–H and O–H groups in total. The van der Waals surface area contributed by atoms with E-state index >= 15 is 0 Å². The van der Waals surface area contributed by atoms with Gasteiger partial charge < -0.3 is 5.32 Å². The molecule has 0 spiro atoms. The normalized spacial score (nSPS) is 14.1. The van der Waals surface area contributed by atoms with Gasteiger partial charge in [0.05, 0.1) is 23.3 Å². The first-order valence-electron chi connectivity index (χ1n) is 14.3. The maximum absolute atomic E-state index is 9.64. The molecule has 206 valence electrons. The zero-order chi connectivity index (χ0) is 29.9. The van der Waals surface area contributed by atoms with Gasteiger partial charge in [0.15, 0.2) is 5.84 Å². The summed E-state index contributed by atoms with van der Waals surface area (Å²) in [7, 11) is 0. The molecule has 0 fully saturated rings. The Morgan fingerprint density at radius 2 is 1.20 bits per heavy atom. The van der Waals surface area contributed by atoms with Crippen LogP contribution < -0.4 is 5.32 Å². The van der Waals surface area contributed by atoms with Crippen molar-refractivity contribution in [1.82, 2.24) is 5.32 Å². The standard InChI is InChI=1S/C39H25N5/c40-24-26-21-27(25-41)23-33(22-26)35-20-19-28-9-7-8-14-34(28)36(35)29-15-17-32(18-16-29)39-43-37(30-10-3-1-4-11-30)42-38(44-39)31-12-5-2-6-13-31/h1-23,39H,(H,42,43,44). The molecule has 7 rings (SSSR count). The second-order valence-electron chi connectivity index (χ2n) is 10.5. The highest BCUT2D eigenvalue weighted by molar-refractivity contribution is 6.13. The Morgan fingerprint density at radius 1 is 0.568 bits per heavy atom. The molecular weight excluding hydrogens is 538 g/mol. The summed E-state index contributed by atoms with van der Waals surface area (Å²) in [6.45, 7) is 0. The molecule has 6 aromatic carbocycles. The highest BCUT2D eigenvalue weighted by Gasteiger charge is 2.21. The lowest BCUT2D eigenvalue weighted by Crippen LogP contribution is -2.33. The van der Waals surface area contributed by atoms with E-state index in [1.165, 1.54) is 0 Å². The molecule has 5 heteroatoms. The van der Waals surface area contributed by atoms with E-state index in [1.54, 1.807) is 6.07 Å². The van der Waals surface area contributed by atoms with Crippen LogP contribution in [0.15, 0.2) is 150 Å². The SMILES string of the molecule is N#Cc1cc(C#N)cc(-c2ccc3ccccc3c2-c2ccc(C3N=C(c4ccccc4)N=C(c4ccccc4)N3)cc2)c1. The summed E-state index contributed by atoms with van der Waals surface area (Å²) < 4.78 is 0. The van der Waals surface area contributed by atoms with Crippen LogP contribution in [0.5, 0.6) is 0 Å². The fourth-order valence-corrected chi connectivity index (χ4v) is 5.65. The van der Waals surface area contributed by atoms with Gasteiger partial charge >= 0.3 is 0 Å². The Balaban J connectivity index is 1.33. The second-order valence-corrected chi connectivity index (χ2v) is 10.5. The first kappa shape index (κ1) is 26.6. The third-order valence-corrected chi connectivity index (χ3v) is 7.77. The number of hydrogen-bond acceptors (Lipinski definition) is 5. The summed E-state index contributed by atoms with van der Waals surface area (Å²) >= 11 is 0. The first-order chi connectivity index (χ1) is 21.7. The van der Waals surface area contributed by atoms with Crippen molar-refractivity contribution < 1.29 is 0 Å². The summed E-state index contributed by atoms with van der Waals surface area (Å²) in [5, 5.41) is 25.0. The molecule has 0 saturated heterocycles. The van der Waals surface area contributed by atoms with Crippen molar-refractivity contribution in [2.45, 2.75) is 6.17 Å². The molecule has 5 nitrogen and oxygen atoms in total. The van der Waals surface area contributed by atoms with Crippen molar-refractivity contribution in [3.8, 4) is 34.4 Å². The number of aliphatic imine (C=N–C) groups is 2. The Kier molecular flexibility index (Phi) is 6.97. The summed E-state index contributed by atoms with van der Waals surface area (Å²) in [4.78, 5) is 9.89. The van der Waals surface area contributed by atoms with Gasteiger partial charge in [0.2, 0.25) is 0 Å². The zero-order valence-electron chi connectivity index (χ0n) is 23.6. The van der Waals surface area contributed by atoms with Crippen molar-refractivity contribution in [3.63, 3.8) is 0 Å². The van der Waals surface area contributed by atoms with Crippen LogP contribution in [-0.4, -0.2) is 11.7 Å². The van der Waals surface area contributed by atoms with E-state index in [9.17, 15) is 10.5 Å². The number of hydrogen-bond donors (Lipinski definition) is 1. The third-order valence-electron chi connectivity index (χ3n) is 7.77. The maximum atomic E-state index is 9.64. The largest absolute Gasteiger partial charge is 0.344 e. The first-order valence-corrected chi connectivity index (χ1v) is 14.3. The third kappa shape index (κ3) is 5.11. The molecule has 1 unspecified atom stereocenters. The minimum atomic E-state index is -0.329. The molecule has 0 bridgehead atoms. The van der Waals surface area contributed by atoms with Crippen LogP contribution in [0.3, 0.4) is 0 Å². The fourth-order valence-electron chi connectivity index (χ4n) is 5.65. The zero-order valence-corrected chi connectivity index (χ0v) is 23.6. The molecule has 0 saturated carbocycles. The van der Waals surface area contributed by atoms with Crippen molar-refractivity contribution in [3.05, 3.63) is 167 Å². The van der Waals surface area contributed by atoms with Gasteiger partial charge in [0.25, 0.3) is 0 Å². The average molecular weight is 564 g/mol. The second kappa shape index (κ2) is 11.5. The Bertz CT molecular complexity index is 2120. The highest BCUT2D eigenvalue weighted by Crippen LogP contribution is 2.39. The quantitative estimate of drug-likeness (QED) is 0.229. The van der Waals surface area contributed by atoms with E-state index in [1.807, 2.05) is 84.9 Å². The molecule has 1 aliphatic heterocycles. The Morgan fingerprint density at radius 3 is 1.89 bits per heavy atom. The number of rotatable bonds is 5. The lowest BCUT2D eigenvalue weighted by Gasteiger charge is -2.24. The van der Waals surface area contributed by atoms with Crippen LogP contribution in [-0.2, 0) is 0 Å². The summed E-state index contributed by atoms with van der Waals surface area (Å²) in [6.07, 6.45) is -0.329. The molecule has 1 aliphatic rings. The van der Waals surface area contributed by atoms with Gasteiger partial charge in [-0.2, -0.15) is 10.5 Å². The smallest absolute Gasteiger partial charge is 0.159 e. The molecule has 0 aromatic heterocycles.